The molecule has 0 saturated heterocycles. The second kappa shape index (κ2) is 7.41. The number of aromatic nitrogens is 3. The van der Waals surface area contributed by atoms with E-state index in [0.717, 1.165) is 34.3 Å². The molecule has 4 aromatic rings. The summed E-state index contributed by atoms with van der Waals surface area (Å²) >= 11 is 0. The van der Waals surface area contributed by atoms with Crippen molar-refractivity contribution in [3.63, 3.8) is 0 Å². The van der Waals surface area contributed by atoms with Gasteiger partial charge in [-0.25, -0.2) is 4.98 Å². The van der Waals surface area contributed by atoms with Crippen LogP contribution in [0.15, 0.2) is 73.1 Å². The highest BCUT2D eigenvalue weighted by Crippen LogP contribution is 2.24. The molecule has 0 spiro atoms. The van der Waals surface area contributed by atoms with Crippen LogP contribution in [-0.4, -0.2) is 20.7 Å². The van der Waals surface area contributed by atoms with E-state index in [1.54, 1.807) is 6.20 Å². The van der Waals surface area contributed by atoms with Gasteiger partial charge in [0.25, 0.3) is 5.91 Å². The van der Waals surface area contributed by atoms with E-state index in [4.69, 9.17) is 4.98 Å². The molecular formula is C22H20N4O. The van der Waals surface area contributed by atoms with E-state index in [1.165, 1.54) is 0 Å². The summed E-state index contributed by atoms with van der Waals surface area (Å²) in [7, 11) is 0. The smallest absolute Gasteiger partial charge is 0.252 e. The normalized spacial score (nSPS) is 10.9. The molecule has 0 aliphatic heterocycles. The van der Waals surface area contributed by atoms with Crippen LogP contribution in [0.5, 0.6) is 0 Å². The number of pyridine rings is 1. The maximum atomic E-state index is 12.9. The van der Waals surface area contributed by atoms with Gasteiger partial charge in [-0.05, 0) is 19.1 Å². The third-order valence-corrected chi connectivity index (χ3v) is 4.49. The fourth-order valence-electron chi connectivity index (χ4n) is 3.07. The maximum Gasteiger partial charge on any atom is 0.252 e. The van der Waals surface area contributed by atoms with Crippen molar-refractivity contribution < 1.29 is 4.79 Å². The van der Waals surface area contributed by atoms with Gasteiger partial charge in [0.1, 0.15) is 0 Å². The fourth-order valence-corrected chi connectivity index (χ4v) is 3.07. The summed E-state index contributed by atoms with van der Waals surface area (Å²) in [6.45, 7) is 3.28. The fraction of sp³-hybridized carbons (Fsp3) is 0.136. The summed E-state index contributed by atoms with van der Waals surface area (Å²) in [4.78, 5) is 17.7. The Bertz CT molecular complexity index is 1090. The van der Waals surface area contributed by atoms with E-state index in [1.807, 2.05) is 78.5 Å². The van der Waals surface area contributed by atoms with Crippen LogP contribution in [0.4, 0.5) is 0 Å². The van der Waals surface area contributed by atoms with Gasteiger partial charge in [-0.2, -0.15) is 5.10 Å². The first kappa shape index (κ1) is 17.0. The molecule has 0 radical (unpaired) electrons. The van der Waals surface area contributed by atoms with Crippen molar-refractivity contribution in [2.24, 2.45) is 0 Å². The molecule has 0 aliphatic carbocycles. The second-order valence-electron chi connectivity index (χ2n) is 6.33. The minimum atomic E-state index is -0.116. The second-order valence-corrected chi connectivity index (χ2v) is 6.33. The van der Waals surface area contributed by atoms with E-state index >= 15 is 0 Å². The Morgan fingerprint density at radius 2 is 1.85 bits per heavy atom. The van der Waals surface area contributed by atoms with E-state index in [0.29, 0.717) is 12.1 Å². The Morgan fingerprint density at radius 1 is 1.07 bits per heavy atom. The molecule has 0 bridgehead atoms. The van der Waals surface area contributed by atoms with Gasteiger partial charge in [0.2, 0.25) is 0 Å². The molecule has 5 heteroatoms. The topological polar surface area (TPSA) is 59.8 Å². The molecule has 4 rings (SSSR count). The molecule has 2 heterocycles. The first-order chi connectivity index (χ1) is 13.2. The quantitative estimate of drug-likeness (QED) is 0.587. The van der Waals surface area contributed by atoms with Crippen molar-refractivity contribution >= 4 is 16.8 Å². The molecule has 1 N–H and O–H groups in total. The Balaban J connectivity index is 1.67. The van der Waals surface area contributed by atoms with Gasteiger partial charge in [-0.1, -0.05) is 48.5 Å². The molecule has 5 nitrogen and oxygen atoms in total. The number of para-hydroxylation sites is 1. The largest absolute Gasteiger partial charge is 0.348 e. The van der Waals surface area contributed by atoms with E-state index in [2.05, 4.69) is 10.4 Å². The number of fused-ring (bicyclic) bond motifs is 1. The first-order valence-corrected chi connectivity index (χ1v) is 8.99. The molecule has 0 atom stereocenters. The molecule has 0 fully saturated rings. The highest BCUT2D eigenvalue weighted by Gasteiger charge is 2.14. The van der Waals surface area contributed by atoms with Crippen molar-refractivity contribution in [1.29, 1.82) is 0 Å². The minimum absolute atomic E-state index is 0.116. The zero-order valence-corrected chi connectivity index (χ0v) is 15.1. The van der Waals surface area contributed by atoms with E-state index in [9.17, 15) is 4.79 Å². The van der Waals surface area contributed by atoms with Gasteiger partial charge in [0, 0.05) is 35.8 Å². The third-order valence-electron chi connectivity index (χ3n) is 4.49. The van der Waals surface area contributed by atoms with Crippen molar-refractivity contribution in [3.05, 3.63) is 84.2 Å². The molecule has 0 saturated carbocycles. The van der Waals surface area contributed by atoms with Gasteiger partial charge in [0.05, 0.1) is 23.0 Å². The summed E-state index contributed by atoms with van der Waals surface area (Å²) in [5.41, 5.74) is 4.19. The van der Waals surface area contributed by atoms with Crippen LogP contribution in [-0.2, 0) is 13.1 Å². The number of rotatable bonds is 5. The van der Waals surface area contributed by atoms with Crippen LogP contribution in [0.1, 0.15) is 22.8 Å². The lowest BCUT2D eigenvalue weighted by molar-refractivity contribution is 0.0952. The molecule has 1 amide bonds. The molecule has 2 aromatic carbocycles. The third kappa shape index (κ3) is 3.58. The van der Waals surface area contributed by atoms with Crippen LogP contribution in [0.2, 0.25) is 0 Å². The van der Waals surface area contributed by atoms with Crippen molar-refractivity contribution in [1.82, 2.24) is 20.1 Å². The predicted octanol–water partition coefficient (Wildman–Crippen LogP) is 4.05. The van der Waals surface area contributed by atoms with Gasteiger partial charge in [-0.15, -0.1) is 0 Å². The number of carbonyl (C=O) groups is 1. The zero-order chi connectivity index (χ0) is 18.6. The van der Waals surface area contributed by atoms with Crippen LogP contribution in [0.25, 0.3) is 22.2 Å². The van der Waals surface area contributed by atoms with Crippen LogP contribution < -0.4 is 5.32 Å². The lowest BCUT2D eigenvalue weighted by Gasteiger charge is -2.10. The number of carbonyl (C=O) groups excluding carboxylic acids is 1. The lowest BCUT2D eigenvalue weighted by Crippen LogP contribution is -2.23. The van der Waals surface area contributed by atoms with Crippen LogP contribution in [0, 0.1) is 0 Å². The number of hydrogen-bond acceptors (Lipinski definition) is 3. The molecule has 27 heavy (non-hydrogen) atoms. The predicted molar refractivity (Wildman–Crippen MR) is 106 cm³/mol. The summed E-state index contributed by atoms with van der Waals surface area (Å²) in [6.07, 6.45) is 3.73. The van der Waals surface area contributed by atoms with Crippen LogP contribution >= 0.6 is 0 Å². The number of nitrogens with zero attached hydrogens (tertiary/aromatic N) is 3. The summed E-state index contributed by atoms with van der Waals surface area (Å²) in [5.74, 6) is -0.116. The standard InChI is InChI=1S/C22H20N4O/c1-2-26-15-16(14-24-26)13-23-22(27)19-12-21(17-8-4-3-5-9-17)25-20-11-7-6-10-18(19)20/h3-12,14-15H,2,13H2,1H3,(H,23,27). The summed E-state index contributed by atoms with van der Waals surface area (Å²) in [6, 6.07) is 19.5. The average molecular weight is 356 g/mol. The van der Waals surface area contributed by atoms with E-state index < -0.39 is 0 Å². The number of hydrogen-bond donors (Lipinski definition) is 1. The lowest BCUT2D eigenvalue weighted by atomic mass is 10.0. The Kier molecular flexibility index (Phi) is 4.66. The van der Waals surface area contributed by atoms with Gasteiger partial charge in [-0.3, -0.25) is 9.48 Å². The Morgan fingerprint density at radius 3 is 2.63 bits per heavy atom. The Labute approximate surface area is 157 Å². The molecule has 2 aromatic heterocycles. The van der Waals surface area contributed by atoms with Gasteiger partial charge in [0.15, 0.2) is 0 Å². The molecule has 0 unspecified atom stereocenters. The Hall–Kier alpha value is -3.47. The summed E-state index contributed by atoms with van der Waals surface area (Å²) in [5, 5.41) is 8.09. The number of benzene rings is 2. The molecule has 0 aliphatic rings. The highest BCUT2D eigenvalue weighted by molar-refractivity contribution is 6.07. The monoisotopic (exact) mass is 356 g/mol. The van der Waals surface area contributed by atoms with Crippen LogP contribution in [0.3, 0.4) is 0 Å². The van der Waals surface area contributed by atoms with E-state index in [-0.39, 0.29) is 5.91 Å². The minimum Gasteiger partial charge on any atom is -0.348 e. The van der Waals surface area contributed by atoms with Gasteiger partial charge < -0.3 is 5.32 Å². The summed E-state index contributed by atoms with van der Waals surface area (Å²) < 4.78 is 1.84. The number of aryl methyl sites for hydroxylation is 1. The van der Waals surface area contributed by atoms with Crippen molar-refractivity contribution in [2.75, 3.05) is 0 Å². The number of amides is 1. The number of nitrogens with one attached hydrogen (secondary N) is 1. The average Bonchev–Trinajstić information content (AvgIpc) is 3.20. The first-order valence-electron chi connectivity index (χ1n) is 8.99. The molecular weight excluding hydrogens is 336 g/mol. The maximum absolute atomic E-state index is 12.9. The van der Waals surface area contributed by atoms with Crippen molar-refractivity contribution in [2.45, 2.75) is 20.0 Å². The van der Waals surface area contributed by atoms with Crippen molar-refractivity contribution in [3.8, 4) is 11.3 Å². The SMILES string of the molecule is CCn1cc(CNC(=O)c2cc(-c3ccccc3)nc3ccccc23)cn1. The highest BCUT2D eigenvalue weighted by atomic mass is 16.1. The molecule has 134 valence electrons. The zero-order valence-electron chi connectivity index (χ0n) is 15.1. The van der Waals surface area contributed by atoms with Gasteiger partial charge >= 0.3 is 0 Å².